The molecular formula is C14H20INO. The number of fused-ring (bicyclic) bond motifs is 1. The van der Waals surface area contributed by atoms with Gasteiger partial charge >= 0.3 is 0 Å². The van der Waals surface area contributed by atoms with E-state index in [2.05, 4.69) is 40.5 Å². The second-order valence-corrected chi connectivity index (χ2v) is 6.38. The van der Waals surface area contributed by atoms with Crippen molar-refractivity contribution in [2.75, 3.05) is 14.1 Å². The monoisotopic (exact) mass is 345 g/mol. The van der Waals surface area contributed by atoms with Crippen LogP contribution in [-0.2, 0) is 13.0 Å². The lowest BCUT2D eigenvalue weighted by atomic mass is 9.83. The molecule has 0 bridgehead atoms. The summed E-state index contributed by atoms with van der Waals surface area (Å²) in [4.78, 5) is 2.10. The second-order valence-electron chi connectivity index (χ2n) is 5.30. The molecule has 0 heterocycles. The van der Waals surface area contributed by atoms with Gasteiger partial charge < -0.3 is 10.0 Å². The average molecular weight is 345 g/mol. The molecule has 1 aromatic rings. The highest BCUT2D eigenvalue weighted by Crippen LogP contribution is 2.39. The van der Waals surface area contributed by atoms with Crippen LogP contribution in [0.1, 0.15) is 42.4 Å². The van der Waals surface area contributed by atoms with Crippen molar-refractivity contribution in [3.8, 4) is 5.75 Å². The van der Waals surface area contributed by atoms with Gasteiger partial charge in [-0.05, 0) is 73.0 Å². The molecule has 0 spiro atoms. The van der Waals surface area contributed by atoms with Crippen molar-refractivity contribution in [1.29, 1.82) is 0 Å². The molecule has 1 atom stereocenters. The van der Waals surface area contributed by atoms with Crippen LogP contribution in [0.4, 0.5) is 0 Å². The molecule has 2 nitrogen and oxygen atoms in total. The molecule has 1 aliphatic carbocycles. The highest BCUT2D eigenvalue weighted by molar-refractivity contribution is 14.1. The molecular weight excluding hydrogens is 325 g/mol. The first-order chi connectivity index (χ1) is 8.00. The van der Waals surface area contributed by atoms with E-state index in [0.29, 0.717) is 11.7 Å². The van der Waals surface area contributed by atoms with Crippen LogP contribution in [0.25, 0.3) is 0 Å². The molecule has 1 N–H and O–H groups in total. The van der Waals surface area contributed by atoms with Crippen LogP contribution in [0.15, 0.2) is 6.07 Å². The number of phenolic OH excluding ortho intramolecular Hbond substituents is 1. The molecule has 2 rings (SSSR count). The maximum Gasteiger partial charge on any atom is 0.133 e. The van der Waals surface area contributed by atoms with Gasteiger partial charge in [0.25, 0.3) is 0 Å². The minimum Gasteiger partial charge on any atom is -0.506 e. The molecule has 17 heavy (non-hydrogen) atoms. The Morgan fingerprint density at radius 2 is 2.18 bits per heavy atom. The Morgan fingerprint density at radius 1 is 1.47 bits per heavy atom. The van der Waals surface area contributed by atoms with E-state index in [1.165, 1.54) is 24.0 Å². The fourth-order valence-electron chi connectivity index (χ4n) is 2.65. The van der Waals surface area contributed by atoms with Crippen molar-refractivity contribution in [3.05, 3.63) is 26.3 Å². The zero-order valence-corrected chi connectivity index (χ0v) is 12.9. The van der Waals surface area contributed by atoms with E-state index in [1.807, 2.05) is 14.1 Å². The van der Waals surface area contributed by atoms with Crippen molar-refractivity contribution >= 4 is 22.6 Å². The summed E-state index contributed by atoms with van der Waals surface area (Å²) in [7, 11) is 4.07. The van der Waals surface area contributed by atoms with Gasteiger partial charge in [0.2, 0.25) is 0 Å². The fraction of sp³-hybridized carbons (Fsp3) is 0.571. The van der Waals surface area contributed by atoms with Crippen LogP contribution < -0.4 is 0 Å². The third-order valence-electron chi connectivity index (χ3n) is 3.54. The van der Waals surface area contributed by atoms with Crippen LogP contribution in [-0.4, -0.2) is 24.1 Å². The first kappa shape index (κ1) is 13.1. The van der Waals surface area contributed by atoms with Gasteiger partial charge in [-0.15, -0.1) is 0 Å². The van der Waals surface area contributed by atoms with Gasteiger partial charge in [0.15, 0.2) is 0 Å². The van der Waals surface area contributed by atoms with Crippen molar-refractivity contribution in [1.82, 2.24) is 4.90 Å². The second kappa shape index (κ2) is 5.14. The average Bonchev–Trinajstić information content (AvgIpc) is 2.26. The molecule has 0 radical (unpaired) electrons. The van der Waals surface area contributed by atoms with Crippen LogP contribution in [0.2, 0.25) is 0 Å². The number of phenols is 1. The maximum atomic E-state index is 10.3. The van der Waals surface area contributed by atoms with E-state index in [1.54, 1.807) is 0 Å². The summed E-state index contributed by atoms with van der Waals surface area (Å²) in [6, 6.07) is 2.22. The number of halogens is 1. The summed E-state index contributed by atoms with van der Waals surface area (Å²) in [5, 5.41) is 10.3. The predicted molar refractivity (Wildman–Crippen MR) is 79.6 cm³/mol. The zero-order valence-electron chi connectivity index (χ0n) is 10.8. The predicted octanol–water partition coefficient (Wildman–Crippen LogP) is 3.50. The minimum atomic E-state index is 0.493. The Hall–Kier alpha value is -0.290. The number of nitrogens with zero attached hydrogens (tertiary/aromatic N) is 1. The van der Waals surface area contributed by atoms with E-state index in [0.717, 1.165) is 22.1 Å². The van der Waals surface area contributed by atoms with Crippen molar-refractivity contribution in [2.45, 2.75) is 38.6 Å². The number of benzene rings is 1. The number of aromatic hydroxyl groups is 1. The summed E-state index contributed by atoms with van der Waals surface area (Å²) >= 11 is 2.30. The van der Waals surface area contributed by atoms with Gasteiger partial charge in [-0.25, -0.2) is 0 Å². The molecule has 0 fully saturated rings. The molecule has 3 heteroatoms. The van der Waals surface area contributed by atoms with E-state index >= 15 is 0 Å². The van der Waals surface area contributed by atoms with Crippen LogP contribution >= 0.6 is 22.6 Å². The largest absolute Gasteiger partial charge is 0.506 e. The van der Waals surface area contributed by atoms with E-state index in [4.69, 9.17) is 0 Å². The Morgan fingerprint density at radius 3 is 2.82 bits per heavy atom. The minimum absolute atomic E-state index is 0.493. The molecule has 94 valence electrons. The van der Waals surface area contributed by atoms with Gasteiger partial charge in [0, 0.05) is 12.1 Å². The normalized spacial score (nSPS) is 19.5. The van der Waals surface area contributed by atoms with Gasteiger partial charge in [0.05, 0.1) is 3.57 Å². The van der Waals surface area contributed by atoms with Gasteiger partial charge in [0.1, 0.15) is 5.75 Å². The quantitative estimate of drug-likeness (QED) is 0.830. The van der Waals surface area contributed by atoms with E-state index < -0.39 is 0 Å². The first-order valence-electron chi connectivity index (χ1n) is 6.18. The SMILES string of the molecule is CC1CCCc2c1cc(CN(C)C)c(O)c2I. The van der Waals surface area contributed by atoms with Crippen LogP contribution in [0.3, 0.4) is 0 Å². The smallest absolute Gasteiger partial charge is 0.133 e. The summed E-state index contributed by atoms with van der Waals surface area (Å²) in [5.41, 5.74) is 3.89. The maximum absolute atomic E-state index is 10.3. The molecule has 1 unspecified atom stereocenters. The Bertz CT molecular complexity index is 429. The number of rotatable bonds is 2. The lowest BCUT2D eigenvalue weighted by Gasteiger charge is -2.26. The van der Waals surface area contributed by atoms with Crippen molar-refractivity contribution in [2.24, 2.45) is 0 Å². The highest BCUT2D eigenvalue weighted by atomic mass is 127. The molecule has 1 aliphatic rings. The standard InChI is InChI=1S/C14H20INO/c1-9-5-4-6-11-12(9)7-10(8-16(2)3)14(17)13(11)15/h7,9,17H,4-6,8H2,1-3H3. The van der Waals surface area contributed by atoms with Crippen molar-refractivity contribution < 1.29 is 5.11 Å². The van der Waals surface area contributed by atoms with Gasteiger partial charge in [-0.1, -0.05) is 13.0 Å². The Balaban J connectivity index is 2.50. The highest BCUT2D eigenvalue weighted by Gasteiger charge is 2.22. The third-order valence-corrected chi connectivity index (χ3v) is 4.70. The lowest BCUT2D eigenvalue weighted by Crippen LogP contribution is -2.14. The first-order valence-corrected chi connectivity index (χ1v) is 7.26. The number of hydrogen-bond donors (Lipinski definition) is 1. The summed E-state index contributed by atoms with van der Waals surface area (Å²) in [6.07, 6.45) is 3.64. The molecule has 0 aliphatic heterocycles. The lowest BCUT2D eigenvalue weighted by molar-refractivity contribution is 0.383. The van der Waals surface area contributed by atoms with Gasteiger partial charge in [-0.3, -0.25) is 0 Å². The fourth-order valence-corrected chi connectivity index (χ4v) is 3.58. The molecule has 0 saturated carbocycles. The summed E-state index contributed by atoms with van der Waals surface area (Å²) in [6.45, 7) is 3.10. The molecule has 0 saturated heterocycles. The molecule has 1 aromatic carbocycles. The number of hydrogen-bond acceptors (Lipinski definition) is 2. The summed E-state index contributed by atoms with van der Waals surface area (Å²) < 4.78 is 1.07. The summed E-state index contributed by atoms with van der Waals surface area (Å²) in [5.74, 6) is 1.13. The van der Waals surface area contributed by atoms with E-state index in [9.17, 15) is 5.11 Å². The third kappa shape index (κ3) is 2.60. The molecule has 0 aromatic heterocycles. The van der Waals surface area contributed by atoms with Crippen LogP contribution in [0, 0.1) is 3.57 Å². The zero-order chi connectivity index (χ0) is 12.6. The van der Waals surface area contributed by atoms with Crippen molar-refractivity contribution in [3.63, 3.8) is 0 Å². The topological polar surface area (TPSA) is 23.5 Å². The molecule has 0 amide bonds. The Labute approximate surface area is 117 Å². The van der Waals surface area contributed by atoms with Crippen LogP contribution in [0.5, 0.6) is 5.75 Å². The van der Waals surface area contributed by atoms with Gasteiger partial charge in [-0.2, -0.15) is 0 Å². The van der Waals surface area contributed by atoms with E-state index in [-0.39, 0.29) is 0 Å². The Kier molecular flexibility index (Phi) is 3.98.